The summed E-state index contributed by atoms with van der Waals surface area (Å²) in [6.45, 7) is 0.488. The number of benzene rings is 2. The SMILES string of the molecule is O=C(COc1ccc([N+](=O)[O-])cc1)NCC1(c2ccccc2)CCC1. The van der Waals surface area contributed by atoms with Gasteiger partial charge in [0.15, 0.2) is 6.61 Å². The largest absolute Gasteiger partial charge is 0.484 e. The Kier molecular flexibility index (Phi) is 4.97. The molecule has 1 fully saturated rings. The highest BCUT2D eigenvalue weighted by molar-refractivity contribution is 5.77. The van der Waals surface area contributed by atoms with Crippen LogP contribution in [0.5, 0.6) is 5.75 Å². The van der Waals surface area contributed by atoms with Gasteiger partial charge in [0.05, 0.1) is 4.92 Å². The molecule has 0 aromatic heterocycles. The highest BCUT2D eigenvalue weighted by Gasteiger charge is 2.38. The molecule has 6 nitrogen and oxygen atoms in total. The van der Waals surface area contributed by atoms with E-state index < -0.39 is 4.92 Å². The fourth-order valence-electron chi connectivity index (χ4n) is 3.09. The topological polar surface area (TPSA) is 81.5 Å². The minimum Gasteiger partial charge on any atom is -0.484 e. The van der Waals surface area contributed by atoms with Crippen LogP contribution in [0.25, 0.3) is 0 Å². The Morgan fingerprint density at radius 3 is 2.36 bits per heavy atom. The molecule has 0 saturated heterocycles. The number of non-ortho nitro benzene ring substituents is 1. The van der Waals surface area contributed by atoms with Crippen LogP contribution in [0.1, 0.15) is 24.8 Å². The van der Waals surface area contributed by atoms with Gasteiger partial charge in [-0.05, 0) is 30.5 Å². The van der Waals surface area contributed by atoms with E-state index in [0.29, 0.717) is 12.3 Å². The van der Waals surface area contributed by atoms with E-state index in [0.717, 1.165) is 12.8 Å². The van der Waals surface area contributed by atoms with E-state index in [1.807, 2.05) is 18.2 Å². The van der Waals surface area contributed by atoms with Crippen LogP contribution in [0.2, 0.25) is 0 Å². The summed E-state index contributed by atoms with van der Waals surface area (Å²) in [5.74, 6) is 0.239. The molecule has 0 radical (unpaired) electrons. The average molecular weight is 340 g/mol. The standard InChI is InChI=1S/C19H20N2O4/c22-18(13-25-17-9-7-16(8-10-17)21(23)24)20-14-19(11-4-12-19)15-5-2-1-3-6-15/h1-3,5-10H,4,11-14H2,(H,20,22). The highest BCUT2D eigenvalue weighted by Crippen LogP contribution is 2.43. The first-order chi connectivity index (χ1) is 12.1. The van der Waals surface area contributed by atoms with Crippen molar-refractivity contribution in [3.8, 4) is 5.75 Å². The second-order valence-electron chi connectivity index (χ2n) is 6.32. The lowest BCUT2D eigenvalue weighted by molar-refractivity contribution is -0.384. The maximum absolute atomic E-state index is 12.1. The van der Waals surface area contributed by atoms with Crippen LogP contribution in [-0.2, 0) is 10.2 Å². The maximum Gasteiger partial charge on any atom is 0.269 e. The predicted octanol–water partition coefficient (Wildman–Crippen LogP) is 3.21. The lowest BCUT2D eigenvalue weighted by atomic mass is 9.64. The van der Waals surface area contributed by atoms with E-state index in [-0.39, 0.29) is 23.6 Å². The summed E-state index contributed by atoms with van der Waals surface area (Å²) >= 11 is 0. The van der Waals surface area contributed by atoms with Crippen LogP contribution in [0.3, 0.4) is 0 Å². The smallest absolute Gasteiger partial charge is 0.269 e. The molecule has 0 aliphatic heterocycles. The minimum atomic E-state index is -0.474. The summed E-state index contributed by atoms with van der Waals surface area (Å²) in [5.41, 5.74) is 1.29. The quantitative estimate of drug-likeness (QED) is 0.620. The first-order valence-electron chi connectivity index (χ1n) is 8.29. The predicted molar refractivity (Wildman–Crippen MR) is 93.6 cm³/mol. The van der Waals surface area contributed by atoms with Gasteiger partial charge in [0, 0.05) is 24.1 Å². The Morgan fingerprint density at radius 2 is 1.80 bits per heavy atom. The van der Waals surface area contributed by atoms with Crippen molar-refractivity contribution in [1.82, 2.24) is 5.32 Å². The molecule has 1 amide bonds. The number of rotatable bonds is 7. The molecule has 0 atom stereocenters. The van der Waals surface area contributed by atoms with Crippen LogP contribution in [-0.4, -0.2) is 24.0 Å². The van der Waals surface area contributed by atoms with Gasteiger partial charge in [-0.3, -0.25) is 14.9 Å². The number of carbonyl (C=O) groups is 1. The second kappa shape index (κ2) is 7.34. The molecule has 1 aliphatic rings. The molecule has 1 aliphatic carbocycles. The molecule has 1 saturated carbocycles. The number of hydrogen-bond acceptors (Lipinski definition) is 4. The van der Waals surface area contributed by atoms with E-state index in [1.54, 1.807) is 0 Å². The molecule has 130 valence electrons. The zero-order valence-corrected chi connectivity index (χ0v) is 13.8. The number of carbonyl (C=O) groups excluding carboxylic acids is 1. The fourth-order valence-corrected chi connectivity index (χ4v) is 3.09. The number of nitro groups is 1. The number of nitro benzene ring substituents is 1. The third kappa shape index (κ3) is 3.96. The van der Waals surface area contributed by atoms with Crippen molar-refractivity contribution in [3.63, 3.8) is 0 Å². The number of nitrogens with one attached hydrogen (secondary N) is 1. The molecular formula is C19H20N2O4. The Labute approximate surface area is 146 Å². The van der Waals surface area contributed by atoms with Crippen molar-refractivity contribution in [2.45, 2.75) is 24.7 Å². The van der Waals surface area contributed by atoms with E-state index in [9.17, 15) is 14.9 Å². The Hall–Kier alpha value is -2.89. The van der Waals surface area contributed by atoms with Crippen molar-refractivity contribution in [2.24, 2.45) is 0 Å². The van der Waals surface area contributed by atoms with Gasteiger partial charge in [-0.2, -0.15) is 0 Å². The van der Waals surface area contributed by atoms with Gasteiger partial charge in [0.1, 0.15) is 5.75 Å². The van der Waals surface area contributed by atoms with Gasteiger partial charge in [-0.15, -0.1) is 0 Å². The van der Waals surface area contributed by atoms with Crippen molar-refractivity contribution in [2.75, 3.05) is 13.2 Å². The van der Waals surface area contributed by atoms with Crippen LogP contribution >= 0.6 is 0 Å². The Balaban J connectivity index is 1.50. The van der Waals surface area contributed by atoms with Crippen LogP contribution in [0.4, 0.5) is 5.69 Å². The number of amides is 1. The summed E-state index contributed by atoms with van der Waals surface area (Å²) in [4.78, 5) is 22.2. The lowest BCUT2D eigenvalue weighted by Crippen LogP contribution is -2.46. The molecule has 0 heterocycles. The molecule has 0 unspecified atom stereocenters. The molecule has 3 rings (SSSR count). The van der Waals surface area contributed by atoms with E-state index in [2.05, 4.69) is 17.4 Å². The first kappa shape index (κ1) is 17.0. The van der Waals surface area contributed by atoms with Gasteiger partial charge in [0.2, 0.25) is 0 Å². The lowest BCUT2D eigenvalue weighted by Gasteiger charge is -2.42. The third-order valence-electron chi connectivity index (χ3n) is 4.74. The molecule has 1 N–H and O–H groups in total. The fraction of sp³-hybridized carbons (Fsp3) is 0.316. The van der Waals surface area contributed by atoms with Gasteiger partial charge in [-0.1, -0.05) is 36.8 Å². The molecule has 0 spiro atoms. The molecule has 6 heteroatoms. The first-order valence-corrected chi connectivity index (χ1v) is 8.29. The second-order valence-corrected chi connectivity index (χ2v) is 6.32. The molecule has 0 bridgehead atoms. The number of hydrogen-bond donors (Lipinski definition) is 1. The minimum absolute atomic E-state index is 0.00779. The molecular weight excluding hydrogens is 320 g/mol. The molecule has 2 aromatic rings. The third-order valence-corrected chi connectivity index (χ3v) is 4.74. The Bertz CT molecular complexity index is 740. The van der Waals surface area contributed by atoms with Crippen molar-refractivity contribution in [3.05, 3.63) is 70.3 Å². The summed E-state index contributed by atoms with van der Waals surface area (Å²) < 4.78 is 5.39. The maximum atomic E-state index is 12.1. The number of nitrogens with zero attached hydrogens (tertiary/aromatic N) is 1. The summed E-state index contributed by atoms with van der Waals surface area (Å²) in [5, 5.41) is 13.6. The zero-order chi connectivity index (χ0) is 17.7. The van der Waals surface area contributed by atoms with E-state index in [1.165, 1.54) is 36.2 Å². The van der Waals surface area contributed by atoms with E-state index >= 15 is 0 Å². The van der Waals surface area contributed by atoms with Crippen LogP contribution < -0.4 is 10.1 Å². The van der Waals surface area contributed by atoms with Crippen molar-refractivity contribution >= 4 is 11.6 Å². The van der Waals surface area contributed by atoms with Crippen LogP contribution in [0.15, 0.2) is 54.6 Å². The van der Waals surface area contributed by atoms with Gasteiger partial charge < -0.3 is 10.1 Å². The average Bonchev–Trinajstić information content (AvgIpc) is 2.60. The monoisotopic (exact) mass is 340 g/mol. The summed E-state index contributed by atoms with van der Waals surface area (Å²) in [6.07, 6.45) is 3.31. The summed E-state index contributed by atoms with van der Waals surface area (Å²) in [6, 6.07) is 15.9. The molecule has 2 aromatic carbocycles. The van der Waals surface area contributed by atoms with E-state index in [4.69, 9.17) is 4.74 Å². The Morgan fingerprint density at radius 1 is 1.12 bits per heavy atom. The normalized spacial score (nSPS) is 15.0. The van der Waals surface area contributed by atoms with Gasteiger partial charge in [-0.25, -0.2) is 0 Å². The highest BCUT2D eigenvalue weighted by atomic mass is 16.6. The number of ether oxygens (including phenoxy) is 1. The van der Waals surface area contributed by atoms with Crippen molar-refractivity contribution in [1.29, 1.82) is 0 Å². The van der Waals surface area contributed by atoms with Crippen LogP contribution in [0, 0.1) is 10.1 Å². The molecule has 25 heavy (non-hydrogen) atoms. The zero-order valence-electron chi connectivity index (χ0n) is 13.8. The van der Waals surface area contributed by atoms with Crippen molar-refractivity contribution < 1.29 is 14.5 Å². The summed E-state index contributed by atoms with van der Waals surface area (Å²) in [7, 11) is 0. The van der Waals surface area contributed by atoms with Gasteiger partial charge in [0.25, 0.3) is 11.6 Å². The van der Waals surface area contributed by atoms with Gasteiger partial charge >= 0.3 is 0 Å².